The summed E-state index contributed by atoms with van der Waals surface area (Å²) in [6, 6.07) is 14.1. The van der Waals surface area contributed by atoms with E-state index >= 15 is 4.39 Å². The number of fused-ring (bicyclic) bond motifs is 1. The Bertz CT molecular complexity index is 1540. The van der Waals surface area contributed by atoms with Gasteiger partial charge < -0.3 is 19.9 Å². The summed E-state index contributed by atoms with van der Waals surface area (Å²) in [5.41, 5.74) is 3.70. The van der Waals surface area contributed by atoms with Crippen LogP contribution in [0.4, 0.5) is 8.78 Å². The van der Waals surface area contributed by atoms with E-state index in [-0.39, 0.29) is 23.4 Å². The van der Waals surface area contributed by atoms with Crippen molar-refractivity contribution in [1.29, 1.82) is 0 Å². The molecule has 3 aromatic carbocycles. The molecule has 6 nitrogen and oxygen atoms in total. The molecular weight excluding hydrogens is 498 g/mol. The second kappa shape index (κ2) is 9.93. The smallest absolute Gasteiger partial charge is 0.258 e. The summed E-state index contributed by atoms with van der Waals surface area (Å²) >= 11 is 0. The summed E-state index contributed by atoms with van der Waals surface area (Å²) in [5, 5.41) is 10.6. The molecule has 0 aliphatic carbocycles. The molecule has 0 spiro atoms. The maximum Gasteiger partial charge on any atom is 0.258 e. The molecule has 2 N–H and O–H groups in total. The van der Waals surface area contributed by atoms with Gasteiger partial charge in [-0.2, -0.15) is 0 Å². The third-order valence-electron chi connectivity index (χ3n) is 8.04. The van der Waals surface area contributed by atoms with Gasteiger partial charge in [-0.25, -0.2) is 13.8 Å². The Kier molecular flexibility index (Phi) is 6.43. The predicted octanol–water partition coefficient (Wildman–Crippen LogP) is 5.92. The maximum absolute atomic E-state index is 16.0. The summed E-state index contributed by atoms with van der Waals surface area (Å²) in [4.78, 5) is 25.0. The highest BCUT2D eigenvalue weighted by atomic mass is 19.1. The van der Waals surface area contributed by atoms with E-state index in [9.17, 15) is 14.3 Å². The fourth-order valence-electron chi connectivity index (χ4n) is 5.87. The van der Waals surface area contributed by atoms with Gasteiger partial charge in [-0.3, -0.25) is 4.79 Å². The summed E-state index contributed by atoms with van der Waals surface area (Å²) in [6.45, 7) is 4.01. The molecule has 1 atom stereocenters. The fraction of sp³-hybridized carbons (Fsp3) is 0.290. The van der Waals surface area contributed by atoms with E-state index in [2.05, 4.69) is 34.0 Å². The first-order valence-electron chi connectivity index (χ1n) is 13.2. The van der Waals surface area contributed by atoms with Crippen LogP contribution in [0.1, 0.15) is 63.4 Å². The molecule has 1 saturated heterocycles. The zero-order chi connectivity index (χ0) is 27.3. The lowest BCUT2D eigenvalue weighted by molar-refractivity contribution is 0.0720. The van der Waals surface area contributed by atoms with Crippen molar-refractivity contribution in [1.82, 2.24) is 19.8 Å². The fourth-order valence-corrected chi connectivity index (χ4v) is 5.87. The van der Waals surface area contributed by atoms with E-state index in [0.717, 1.165) is 32.0 Å². The number of aromatic amines is 1. The van der Waals surface area contributed by atoms with Crippen molar-refractivity contribution >= 4 is 5.91 Å². The lowest BCUT2D eigenvalue weighted by Gasteiger charge is -2.29. The highest BCUT2D eigenvalue weighted by molar-refractivity contribution is 6.00. The minimum Gasteiger partial charge on any atom is -0.508 e. The van der Waals surface area contributed by atoms with Gasteiger partial charge in [-0.1, -0.05) is 36.4 Å². The molecule has 6 rings (SSSR count). The number of imidazole rings is 1. The third-order valence-corrected chi connectivity index (χ3v) is 8.04. The van der Waals surface area contributed by atoms with Crippen molar-refractivity contribution < 1.29 is 18.7 Å². The van der Waals surface area contributed by atoms with Crippen molar-refractivity contribution in [3.63, 3.8) is 0 Å². The van der Waals surface area contributed by atoms with Crippen LogP contribution in [0.15, 0.2) is 60.8 Å². The van der Waals surface area contributed by atoms with Crippen LogP contribution in [0, 0.1) is 18.6 Å². The summed E-state index contributed by atoms with van der Waals surface area (Å²) in [7, 11) is 2.14. The first-order chi connectivity index (χ1) is 18.8. The van der Waals surface area contributed by atoms with Gasteiger partial charge in [0.25, 0.3) is 5.91 Å². The summed E-state index contributed by atoms with van der Waals surface area (Å²) in [6.07, 6.45) is 3.87. The average molecular weight is 529 g/mol. The molecule has 3 heterocycles. The van der Waals surface area contributed by atoms with Gasteiger partial charge in [0.1, 0.15) is 29.3 Å². The van der Waals surface area contributed by atoms with Crippen LogP contribution in [-0.2, 0) is 6.54 Å². The Morgan fingerprint density at radius 3 is 2.49 bits per heavy atom. The molecule has 200 valence electrons. The van der Waals surface area contributed by atoms with Crippen molar-refractivity contribution in [2.45, 2.75) is 38.3 Å². The lowest BCUT2D eigenvalue weighted by Crippen LogP contribution is -2.31. The maximum atomic E-state index is 16.0. The minimum absolute atomic E-state index is 0.00364. The highest BCUT2D eigenvalue weighted by Crippen LogP contribution is 2.41. The molecule has 1 aromatic heterocycles. The molecule has 0 saturated carbocycles. The van der Waals surface area contributed by atoms with Crippen LogP contribution < -0.4 is 0 Å². The number of piperidine rings is 1. The summed E-state index contributed by atoms with van der Waals surface area (Å²) in [5.74, 6) is -0.987. The van der Waals surface area contributed by atoms with Gasteiger partial charge in [0.2, 0.25) is 0 Å². The number of phenols is 1. The van der Waals surface area contributed by atoms with E-state index in [1.807, 2.05) is 12.1 Å². The summed E-state index contributed by atoms with van der Waals surface area (Å²) < 4.78 is 30.2. The van der Waals surface area contributed by atoms with E-state index < -0.39 is 23.6 Å². The number of H-pyrrole nitrogens is 1. The minimum atomic E-state index is -0.925. The standard InChI is InChI=1S/C31H30F2N4O2/c1-18-16-34-30(35-18)29(25-15-23(32)8-10-26(25)38)37-17-22-7-9-24(28(33)27(22)31(37)39)21-5-3-19(4-6-21)20-11-13-36(2)14-12-20/h3-10,15-16,20,29,38H,11-14,17H2,1-2H3,(H,34,35)/t29-/m0/s1. The second-order valence-corrected chi connectivity index (χ2v) is 10.6. The first kappa shape index (κ1) is 25.2. The molecule has 1 amide bonds. The highest BCUT2D eigenvalue weighted by Gasteiger charge is 2.39. The van der Waals surface area contributed by atoms with E-state index in [1.54, 1.807) is 25.3 Å². The van der Waals surface area contributed by atoms with Crippen molar-refractivity contribution in [2.75, 3.05) is 20.1 Å². The monoisotopic (exact) mass is 528 g/mol. The molecule has 2 aliphatic rings. The van der Waals surface area contributed by atoms with E-state index in [0.29, 0.717) is 34.1 Å². The van der Waals surface area contributed by atoms with Crippen molar-refractivity contribution in [3.05, 3.63) is 106 Å². The molecule has 4 aromatic rings. The Morgan fingerprint density at radius 1 is 1.05 bits per heavy atom. The number of likely N-dealkylation sites (tertiary alicyclic amines) is 1. The number of hydrogen-bond donors (Lipinski definition) is 2. The van der Waals surface area contributed by atoms with Gasteiger partial charge >= 0.3 is 0 Å². The molecule has 39 heavy (non-hydrogen) atoms. The lowest BCUT2D eigenvalue weighted by atomic mass is 9.88. The number of carbonyl (C=O) groups excluding carboxylic acids is 1. The zero-order valence-electron chi connectivity index (χ0n) is 21.9. The zero-order valence-corrected chi connectivity index (χ0v) is 21.9. The normalized spacial score (nSPS) is 17.0. The number of carbonyl (C=O) groups is 1. The average Bonchev–Trinajstić information content (AvgIpc) is 3.50. The number of nitrogens with one attached hydrogen (secondary N) is 1. The van der Waals surface area contributed by atoms with Crippen LogP contribution in [-0.4, -0.2) is 50.9 Å². The number of aryl methyl sites for hydroxylation is 1. The van der Waals surface area contributed by atoms with E-state index in [4.69, 9.17) is 0 Å². The van der Waals surface area contributed by atoms with Crippen LogP contribution in [0.3, 0.4) is 0 Å². The van der Waals surface area contributed by atoms with Crippen LogP contribution in [0.25, 0.3) is 11.1 Å². The largest absolute Gasteiger partial charge is 0.508 e. The molecule has 0 radical (unpaired) electrons. The number of hydrogen-bond acceptors (Lipinski definition) is 4. The number of amides is 1. The van der Waals surface area contributed by atoms with Gasteiger partial charge in [-0.15, -0.1) is 0 Å². The van der Waals surface area contributed by atoms with Gasteiger partial charge in [0.05, 0.1) is 11.3 Å². The van der Waals surface area contributed by atoms with Crippen molar-refractivity contribution in [2.24, 2.45) is 0 Å². The second-order valence-electron chi connectivity index (χ2n) is 10.6. The topological polar surface area (TPSA) is 72.5 Å². The number of benzene rings is 3. The Labute approximate surface area is 225 Å². The molecule has 0 bridgehead atoms. The molecule has 0 unspecified atom stereocenters. The number of halogens is 2. The van der Waals surface area contributed by atoms with Gasteiger partial charge in [0, 0.05) is 23.9 Å². The SMILES string of the molecule is Cc1c[nH]c([C@H](c2cc(F)ccc2O)N2Cc3ccc(-c4ccc(C5CCN(C)CC5)cc4)c(F)c3C2=O)n1. The number of aromatic hydroxyl groups is 1. The number of phenolic OH excluding ortho intramolecular Hbond substituents is 1. The number of nitrogens with zero attached hydrogens (tertiary/aromatic N) is 3. The van der Waals surface area contributed by atoms with Crippen LogP contribution in [0.5, 0.6) is 5.75 Å². The van der Waals surface area contributed by atoms with Crippen molar-refractivity contribution in [3.8, 4) is 16.9 Å². The third kappa shape index (κ3) is 4.59. The Hall–Kier alpha value is -4.04. The van der Waals surface area contributed by atoms with E-state index in [1.165, 1.54) is 22.6 Å². The van der Waals surface area contributed by atoms with Crippen LogP contribution >= 0.6 is 0 Å². The molecular formula is C31H30F2N4O2. The van der Waals surface area contributed by atoms with Crippen LogP contribution in [0.2, 0.25) is 0 Å². The number of aromatic nitrogens is 2. The van der Waals surface area contributed by atoms with Gasteiger partial charge in [-0.05, 0) is 80.7 Å². The first-order valence-corrected chi connectivity index (χ1v) is 13.2. The number of rotatable bonds is 5. The molecule has 2 aliphatic heterocycles. The predicted molar refractivity (Wildman–Crippen MR) is 144 cm³/mol. The quantitative estimate of drug-likeness (QED) is 0.337. The van der Waals surface area contributed by atoms with Gasteiger partial charge in [0.15, 0.2) is 0 Å². The molecule has 1 fully saturated rings. The Morgan fingerprint density at radius 2 is 1.79 bits per heavy atom. The Balaban J connectivity index is 1.34. The molecule has 8 heteroatoms.